The number of nitrogens with zero attached hydrogens (tertiary/aromatic N) is 1. The Kier molecular flexibility index (Phi) is 6.37. The minimum Gasteiger partial charge on any atom is -0.449 e. The highest BCUT2D eigenvalue weighted by Crippen LogP contribution is 2.26. The Balaban J connectivity index is 1.74. The molecule has 0 aliphatic heterocycles. The Bertz CT molecular complexity index is 1030. The molecule has 5 nitrogen and oxygen atoms in total. The molecule has 0 saturated carbocycles. The molecule has 7 heteroatoms. The summed E-state index contributed by atoms with van der Waals surface area (Å²) in [5, 5.41) is 15.6. The molecule has 0 unspecified atom stereocenters. The van der Waals surface area contributed by atoms with Crippen LogP contribution in [0.15, 0.2) is 59.3 Å². The van der Waals surface area contributed by atoms with E-state index in [0.29, 0.717) is 16.8 Å². The van der Waals surface area contributed by atoms with Crippen LogP contribution in [0.5, 0.6) is 0 Å². The lowest BCUT2D eigenvalue weighted by molar-refractivity contribution is -0.147. The van der Waals surface area contributed by atoms with Crippen molar-refractivity contribution in [2.75, 3.05) is 5.32 Å². The summed E-state index contributed by atoms with van der Waals surface area (Å²) in [7, 11) is 0. The first-order valence-corrected chi connectivity index (χ1v) is 10.1. The van der Waals surface area contributed by atoms with Crippen molar-refractivity contribution in [2.45, 2.75) is 13.0 Å². The van der Waals surface area contributed by atoms with E-state index < -0.39 is 18.0 Å². The molecule has 0 saturated heterocycles. The molecule has 3 rings (SSSR count). The van der Waals surface area contributed by atoms with Gasteiger partial charge >= 0.3 is 5.97 Å². The number of anilines is 1. The van der Waals surface area contributed by atoms with Gasteiger partial charge in [0.25, 0.3) is 5.91 Å². The van der Waals surface area contributed by atoms with Crippen LogP contribution in [0.2, 0.25) is 0 Å². The fourth-order valence-corrected chi connectivity index (χ4v) is 3.77. The van der Waals surface area contributed by atoms with E-state index in [0.717, 1.165) is 9.75 Å². The Morgan fingerprint density at radius 2 is 1.86 bits per heavy atom. The van der Waals surface area contributed by atoms with E-state index in [1.54, 1.807) is 30.3 Å². The topological polar surface area (TPSA) is 79.2 Å². The number of ether oxygens (including phenoxy) is 1. The van der Waals surface area contributed by atoms with Gasteiger partial charge in [-0.15, -0.1) is 22.7 Å². The molecule has 1 atom stereocenters. The summed E-state index contributed by atoms with van der Waals surface area (Å²) in [4.78, 5) is 26.9. The first-order valence-electron chi connectivity index (χ1n) is 8.38. The lowest BCUT2D eigenvalue weighted by Gasteiger charge is -2.15. The van der Waals surface area contributed by atoms with Crippen LogP contribution in [-0.2, 0) is 14.3 Å². The third kappa shape index (κ3) is 4.74. The third-order valence-electron chi connectivity index (χ3n) is 3.79. The number of carbonyl (C=O) groups excluding carboxylic acids is 2. The lowest BCUT2D eigenvalue weighted by Crippen LogP contribution is -2.30. The van der Waals surface area contributed by atoms with E-state index in [1.807, 2.05) is 41.1 Å². The van der Waals surface area contributed by atoms with Gasteiger partial charge in [-0.25, -0.2) is 4.79 Å². The summed E-state index contributed by atoms with van der Waals surface area (Å²) < 4.78 is 5.40. The first kappa shape index (κ1) is 19.5. The maximum absolute atomic E-state index is 12.7. The van der Waals surface area contributed by atoms with Gasteiger partial charge in [-0.1, -0.05) is 24.3 Å². The molecule has 0 bridgehead atoms. The van der Waals surface area contributed by atoms with Crippen LogP contribution in [-0.4, -0.2) is 18.0 Å². The van der Waals surface area contributed by atoms with E-state index in [2.05, 4.69) is 5.32 Å². The molecule has 2 aromatic heterocycles. The zero-order chi connectivity index (χ0) is 19.9. The van der Waals surface area contributed by atoms with E-state index in [9.17, 15) is 9.59 Å². The highest BCUT2D eigenvalue weighted by molar-refractivity contribution is 7.12. The van der Waals surface area contributed by atoms with Crippen LogP contribution in [0.25, 0.3) is 11.6 Å². The number of nitriles is 1. The second kappa shape index (κ2) is 9.13. The smallest absolute Gasteiger partial charge is 0.340 e. The predicted octanol–water partition coefficient (Wildman–Crippen LogP) is 4.79. The Labute approximate surface area is 170 Å². The summed E-state index contributed by atoms with van der Waals surface area (Å²) in [6.07, 6.45) is 0.736. The average Bonchev–Trinajstić information content (AvgIpc) is 3.40. The molecule has 1 N–H and O–H groups in total. The van der Waals surface area contributed by atoms with Crippen LogP contribution in [0, 0.1) is 11.3 Å². The molecule has 0 aliphatic rings. The fourth-order valence-electron chi connectivity index (χ4n) is 2.38. The van der Waals surface area contributed by atoms with Crippen LogP contribution in [0.4, 0.5) is 5.69 Å². The summed E-state index contributed by atoms with van der Waals surface area (Å²) in [6, 6.07) is 16.1. The van der Waals surface area contributed by atoms with E-state index >= 15 is 0 Å². The van der Waals surface area contributed by atoms with Gasteiger partial charge in [0.1, 0.15) is 6.07 Å². The SMILES string of the molecule is C[C@@H](OC(=O)/C(=C/c1cccs1)c1cccs1)C(=O)Nc1ccccc1C#N. The molecule has 0 fully saturated rings. The number of nitrogens with one attached hydrogen (secondary N) is 1. The quantitative estimate of drug-likeness (QED) is 0.470. The van der Waals surface area contributed by atoms with Gasteiger partial charge in [0.05, 0.1) is 16.8 Å². The van der Waals surface area contributed by atoms with Crippen molar-refractivity contribution in [3.8, 4) is 6.07 Å². The first-order chi connectivity index (χ1) is 13.6. The minimum atomic E-state index is -1.02. The van der Waals surface area contributed by atoms with Crippen LogP contribution >= 0.6 is 22.7 Å². The lowest BCUT2D eigenvalue weighted by atomic mass is 10.2. The predicted molar refractivity (Wildman–Crippen MR) is 112 cm³/mol. The van der Waals surface area contributed by atoms with E-state index in [4.69, 9.17) is 10.00 Å². The van der Waals surface area contributed by atoms with Gasteiger partial charge in [0, 0.05) is 9.75 Å². The summed E-state index contributed by atoms with van der Waals surface area (Å²) in [5.41, 5.74) is 1.12. The number of esters is 1. The molecule has 2 heterocycles. The normalized spacial score (nSPS) is 12.1. The van der Waals surface area contributed by atoms with Gasteiger partial charge in [0.15, 0.2) is 6.10 Å². The van der Waals surface area contributed by atoms with Crippen molar-refractivity contribution in [1.29, 1.82) is 5.26 Å². The van der Waals surface area contributed by atoms with Crippen LogP contribution in [0.3, 0.4) is 0 Å². The van der Waals surface area contributed by atoms with Gasteiger partial charge in [-0.2, -0.15) is 5.26 Å². The van der Waals surface area contributed by atoms with E-state index in [-0.39, 0.29) is 0 Å². The molecule has 1 aromatic carbocycles. The monoisotopic (exact) mass is 408 g/mol. The van der Waals surface area contributed by atoms with Crippen molar-refractivity contribution >= 4 is 51.9 Å². The minimum absolute atomic E-state index is 0.339. The van der Waals surface area contributed by atoms with Crippen LogP contribution in [0.1, 0.15) is 22.2 Å². The van der Waals surface area contributed by atoms with Crippen molar-refractivity contribution in [3.05, 3.63) is 74.6 Å². The number of hydrogen-bond donors (Lipinski definition) is 1. The standard InChI is InChI=1S/C21H16N2O3S2/c1-14(20(24)23-18-8-3-2-6-15(18)13-22)26-21(25)17(19-9-5-11-28-19)12-16-7-4-10-27-16/h2-12,14H,1H3,(H,23,24)/b17-12+/t14-/m1/s1. The number of amides is 1. The molecule has 140 valence electrons. The number of thiophene rings is 2. The Hall–Kier alpha value is -3.21. The van der Waals surface area contributed by atoms with Gasteiger partial charge < -0.3 is 10.1 Å². The molecule has 0 aliphatic carbocycles. The van der Waals surface area contributed by atoms with Crippen molar-refractivity contribution < 1.29 is 14.3 Å². The zero-order valence-electron chi connectivity index (χ0n) is 14.9. The summed E-state index contributed by atoms with van der Waals surface area (Å²) in [5.74, 6) is -1.08. The molecule has 28 heavy (non-hydrogen) atoms. The van der Waals surface area contributed by atoms with Gasteiger partial charge in [0.2, 0.25) is 0 Å². The second-order valence-corrected chi connectivity index (χ2v) is 7.67. The van der Waals surface area contributed by atoms with Gasteiger partial charge in [-0.3, -0.25) is 4.79 Å². The van der Waals surface area contributed by atoms with E-state index in [1.165, 1.54) is 29.6 Å². The van der Waals surface area contributed by atoms with Crippen LogP contribution < -0.4 is 5.32 Å². The zero-order valence-corrected chi connectivity index (χ0v) is 16.5. The van der Waals surface area contributed by atoms with Crippen molar-refractivity contribution in [2.24, 2.45) is 0 Å². The molecule has 0 radical (unpaired) electrons. The molecule has 1 amide bonds. The average molecular weight is 409 g/mol. The number of benzene rings is 1. The van der Waals surface area contributed by atoms with Gasteiger partial charge in [-0.05, 0) is 48.0 Å². The van der Waals surface area contributed by atoms with Crippen molar-refractivity contribution in [1.82, 2.24) is 0 Å². The third-order valence-corrected chi connectivity index (χ3v) is 5.52. The maximum Gasteiger partial charge on any atom is 0.340 e. The molecular weight excluding hydrogens is 392 g/mol. The summed E-state index contributed by atoms with van der Waals surface area (Å²) in [6.45, 7) is 1.50. The Morgan fingerprint density at radius 3 is 2.54 bits per heavy atom. The molecule has 3 aromatic rings. The number of rotatable bonds is 6. The fraction of sp³-hybridized carbons (Fsp3) is 0.0952. The second-order valence-electron chi connectivity index (χ2n) is 5.74. The summed E-state index contributed by atoms with van der Waals surface area (Å²) >= 11 is 2.93. The highest BCUT2D eigenvalue weighted by atomic mass is 32.1. The largest absolute Gasteiger partial charge is 0.449 e. The van der Waals surface area contributed by atoms with Crippen molar-refractivity contribution in [3.63, 3.8) is 0 Å². The highest BCUT2D eigenvalue weighted by Gasteiger charge is 2.23. The molecular formula is C21H16N2O3S2. The number of hydrogen-bond acceptors (Lipinski definition) is 6. The molecule has 0 spiro atoms. The number of para-hydroxylation sites is 1. The Morgan fingerprint density at radius 1 is 1.11 bits per heavy atom. The maximum atomic E-state index is 12.7. The number of carbonyl (C=O) groups is 2.